The number of ketones is 1. The summed E-state index contributed by atoms with van der Waals surface area (Å²) in [5, 5.41) is 5.34. The van der Waals surface area contributed by atoms with Crippen LogP contribution in [0.3, 0.4) is 0 Å². The van der Waals surface area contributed by atoms with Gasteiger partial charge in [0.2, 0.25) is 0 Å². The van der Waals surface area contributed by atoms with Crippen molar-refractivity contribution in [3.8, 4) is 0 Å². The summed E-state index contributed by atoms with van der Waals surface area (Å²) in [7, 11) is 1.56. The molecule has 1 heterocycles. The molecule has 1 aliphatic rings. The van der Waals surface area contributed by atoms with E-state index in [1.165, 1.54) is 0 Å². The van der Waals surface area contributed by atoms with Gasteiger partial charge in [0.25, 0.3) is 11.8 Å². The van der Waals surface area contributed by atoms with Crippen molar-refractivity contribution in [2.24, 2.45) is 0 Å². The predicted molar refractivity (Wildman–Crippen MR) is 90.6 cm³/mol. The van der Waals surface area contributed by atoms with Gasteiger partial charge in [0, 0.05) is 36.0 Å². The second-order valence-electron chi connectivity index (χ2n) is 5.87. The van der Waals surface area contributed by atoms with Crippen LogP contribution in [-0.2, 0) is 6.42 Å². The molecule has 24 heavy (non-hydrogen) atoms. The van der Waals surface area contributed by atoms with E-state index in [9.17, 15) is 14.4 Å². The summed E-state index contributed by atoms with van der Waals surface area (Å²) in [5.41, 5.74) is 3.75. The fourth-order valence-electron chi connectivity index (χ4n) is 3.04. The summed E-state index contributed by atoms with van der Waals surface area (Å²) in [4.78, 5) is 39.2. The van der Waals surface area contributed by atoms with Crippen molar-refractivity contribution in [1.82, 2.24) is 10.3 Å². The highest BCUT2D eigenvalue weighted by Gasteiger charge is 2.26. The van der Waals surface area contributed by atoms with Crippen LogP contribution in [0, 0.1) is 6.92 Å². The van der Waals surface area contributed by atoms with E-state index in [1.807, 2.05) is 0 Å². The van der Waals surface area contributed by atoms with Crippen LogP contribution in [0.5, 0.6) is 0 Å². The first-order chi connectivity index (χ1) is 11.5. The van der Waals surface area contributed by atoms with Crippen molar-refractivity contribution >= 4 is 23.3 Å². The Labute approximate surface area is 139 Å². The summed E-state index contributed by atoms with van der Waals surface area (Å²) < 4.78 is 0. The highest BCUT2D eigenvalue weighted by Crippen LogP contribution is 2.27. The number of Topliss-reactive ketones (excluding diaryl/α,β-unsaturated/α-hetero) is 1. The molecule has 2 aromatic rings. The Bertz CT molecular complexity index is 819. The Morgan fingerprint density at radius 3 is 2.42 bits per heavy atom. The van der Waals surface area contributed by atoms with Gasteiger partial charge in [-0.2, -0.15) is 0 Å². The number of benzene rings is 1. The molecule has 0 bridgehead atoms. The van der Waals surface area contributed by atoms with Crippen LogP contribution in [0.1, 0.15) is 55.3 Å². The molecule has 0 aliphatic heterocycles. The van der Waals surface area contributed by atoms with Crippen LogP contribution >= 0.6 is 0 Å². The smallest absolute Gasteiger partial charge is 0.272 e. The molecule has 1 aliphatic carbocycles. The first-order valence-electron chi connectivity index (χ1n) is 7.89. The summed E-state index contributed by atoms with van der Waals surface area (Å²) in [5.74, 6) is -0.374. The number of aromatic amines is 1. The van der Waals surface area contributed by atoms with E-state index in [4.69, 9.17) is 0 Å². The van der Waals surface area contributed by atoms with E-state index in [2.05, 4.69) is 15.6 Å². The highest BCUT2D eigenvalue weighted by molar-refractivity contribution is 6.08. The standard InChI is InChI=1S/C18H19N3O3/c1-10-15-13(4-3-5-14(15)22)21-16(10)18(24)20-12-8-6-11(7-9-12)17(23)19-2/h6-9,21H,3-5H2,1-2H3,(H,19,23)(H,20,24). The van der Waals surface area contributed by atoms with E-state index in [-0.39, 0.29) is 17.6 Å². The van der Waals surface area contributed by atoms with E-state index in [1.54, 1.807) is 38.2 Å². The summed E-state index contributed by atoms with van der Waals surface area (Å²) >= 11 is 0. The van der Waals surface area contributed by atoms with Crippen LogP contribution in [0.4, 0.5) is 5.69 Å². The molecule has 0 atom stereocenters. The lowest BCUT2D eigenvalue weighted by molar-refractivity contribution is 0.0958. The lowest BCUT2D eigenvalue weighted by Crippen LogP contribution is -2.18. The largest absolute Gasteiger partial charge is 0.355 e. The van der Waals surface area contributed by atoms with E-state index in [0.29, 0.717) is 34.5 Å². The third kappa shape index (κ3) is 2.82. The van der Waals surface area contributed by atoms with Crippen molar-refractivity contribution in [3.63, 3.8) is 0 Å². The number of aryl methyl sites for hydroxylation is 1. The minimum absolute atomic E-state index is 0.0963. The van der Waals surface area contributed by atoms with E-state index < -0.39 is 0 Å². The zero-order valence-electron chi connectivity index (χ0n) is 13.7. The quantitative estimate of drug-likeness (QED) is 0.809. The van der Waals surface area contributed by atoms with Crippen LogP contribution in [0.15, 0.2) is 24.3 Å². The number of aromatic nitrogens is 1. The van der Waals surface area contributed by atoms with Crippen molar-refractivity contribution in [1.29, 1.82) is 0 Å². The number of carbonyl (C=O) groups excluding carboxylic acids is 3. The molecule has 3 rings (SSSR count). The van der Waals surface area contributed by atoms with Crippen LogP contribution < -0.4 is 10.6 Å². The number of anilines is 1. The molecule has 0 spiro atoms. The highest BCUT2D eigenvalue weighted by atomic mass is 16.2. The minimum Gasteiger partial charge on any atom is -0.355 e. The number of H-pyrrole nitrogens is 1. The summed E-state index contributed by atoms with van der Waals surface area (Å²) in [6.07, 6.45) is 2.14. The number of rotatable bonds is 3. The molecular formula is C18H19N3O3. The van der Waals surface area contributed by atoms with Gasteiger partial charge in [0.15, 0.2) is 5.78 Å². The van der Waals surface area contributed by atoms with Crippen LogP contribution in [0.2, 0.25) is 0 Å². The maximum absolute atomic E-state index is 12.5. The second kappa shape index (κ2) is 6.31. The van der Waals surface area contributed by atoms with Crippen molar-refractivity contribution in [2.45, 2.75) is 26.2 Å². The fraction of sp³-hybridized carbons (Fsp3) is 0.278. The first kappa shape index (κ1) is 16.0. The Hall–Kier alpha value is -2.89. The Balaban J connectivity index is 1.81. The van der Waals surface area contributed by atoms with Gasteiger partial charge in [-0.3, -0.25) is 14.4 Å². The lowest BCUT2D eigenvalue weighted by atomic mass is 9.94. The molecule has 1 aromatic heterocycles. The fourth-order valence-corrected chi connectivity index (χ4v) is 3.04. The van der Waals surface area contributed by atoms with Crippen molar-refractivity contribution in [3.05, 3.63) is 52.3 Å². The van der Waals surface area contributed by atoms with Crippen LogP contribution in [-0.4, -0.2) is 29.6 Å². The van der Waals surface area contributed by atoms with E-state index in [0.717, 1.165) is 18.5 Å². The topological polar surface area (TPSA) is 91.1 Å². The molecule has 6 nitrogen and oxygen atoms in total. The number of amides is 2. The Morgan fingerprint density at radius 2 is 1.79 bits per heavy atom. The molecule has 0 saturated heterocycles. The Kier molecular flexibility index (Phi) is 4.20. The molecule has 0 radical (unpaired) electrons. The zero-order valence-corrected chi connectivity index (χ0v) is 13.7. The summed E-state index contributed by atoms with van der Waals surface area (Å²) in [6.45, 7) is 1.79. The van der Waals surface area contributed by atoms with Crippen molar-refractivity contribution < 1.29 is 14.4 Å². The maximum Gasteiger partial charge on any atom is 0.272 e. The maximum atomic E-state index is 12.5. The number of carbonyl (C=O) groups is 3. The number of hydrogen-bond acceptors (Lipinski definition) is 3. The normalized spacial score (nSPS) is 13.3. The van der Waals surface area contributed by atoms with E-state index >= 15 is 0 Å². The van der Waals surface area contributed by atoms with Gasteiger partial charge in [0.1, 0.15) is 5.69 Å². The third-order valence-corrected chi connectivity index (χ3v) is 4.30. The van der Waals surface area contributed by atoms with Gasteiger partial charge in [0.05, 0.1) is 0 Å². The van der Waals surface area contributed by atoms with Gasteiger partial charge >= 0.3 is 0 Å². The molecule has 2 amide bonds. The SMILES string of the molecule is CNC(=O)c1ccc(NC(=O)c2[nH]c3c(c2C)C(=O)CCC3)cc1. The van der Waals surface area contributed by atoms with Gasteiger partial charge < -0.3 is 15.6 Å². The average molecular weight is 325 g/mol. The Morgan fingerprint density at radius 1 is 1.08 bits per heavy atom. The second-order valence-corrected chi connectivity index (χ2v) is 5.87. The molecule has 124 valence electrons. The minimum atomic E-state index is -0.289. The molecule has 0 saturated carbocycles. The number of nitrogens with one attached hydrogen (secondary N) is 3. The molecule has 6 heteroatoms. The predicted octanol–water partition coefficient (Wildman–Crippen LogP) is 2.45. The summed E-state index contributed by atoms with van der Waals surface area (Å²) in [6, 6.07) is 6.63. The zero-order chi connectivity index (χ0) is 17.3. The average Bonchev–Trinajstić information content (AvgIpc) is 2.93. The molecular weight excluding hydrogens is 306 g/mol. The molecule has 0 fully saturated rings. The lowest BCUT2D eigenvalue weighted by Gasteiger charge is -2.09. The molecule has 0 unspecified atom stereocenters. The van der Waals surface area contributed by atoms with Crippen molar-refractivity contribution in [2.75, 3.05) is 12.4 Å². The van der Waals surface area contributed by atoms with Gasteiger partial charge in [-0.1, -0.05) is 0 Å². The number of fused-ring (bicyclic) bond motifs is 1. The van der Waals surface area contributed by atoms with Gasteiger partial charge in [-0.05, 0) is 49.6 Å². The number of hydrogen-bond donors (Lipinski definition) is 3. The monoisotopic (exact) mass is 325 g/mol. The molecule has 1 aromatic carbocycles. The van der Waals surface area contributed by atoms with Gasteiger partial charge in [-0.15, -0.1) is 0 Å². The van der Waals surface area contributed by atoms with Gasteiger partial charge in [-0.25, -0.2) is 0 Å². The third-order valence-electron chi connectivity index (χ3n) is 4.30. The first-order valence-corrected chi connectivity index (χ1v) is 7.89. The molecule has 3 N–H and O–H groups in total. The van der Waals surface area contributed by atoms with Crippen LogP contribution in [0.25, 0.3) is 0 Å².